The van der Waals surface area contributed by atoms with E-state index in [1.165, 1.54) is 19.3 Å². The predicted octanol–water partition coefficient (Wildman–Crippen LogP) is 5.02. The first-order chi connectivity index (χ1) is 8.39. The first-order valence-corrected chi connectivity index (χ1v) is 7.67. The molecule has 1 rings (SSSR count). The predicted molar refractivity (Wildman–Crippen MR) is 81.2 cm³/mol. The minimum absolute atomic E-state index is 0.144. The fourth-order valence-electron chi connectivity index (χ4n) is 3.50. The third-order valence-corrected chi connectivity index (χ3v) is 4.20. The molecule has 2 heteroatoms. The molecule has 1 heterocycles. The van der Waals surface area contributed by atoms with Crippen LogP contribution >= 0.6 is 0 Å². The topological polar surface area (TPSA) is 18.5 Å². The number of hydrogen-bond donors (Lipinski definition) is 0. The van der Waals surface area contributed by atoms with E-state index in [1.807, 2.05) is 13.8 Å². The fourth-order valence-corrected chi connectivity index (χ4v) is 3.50. The summed E-state index contributed by atoms with van der Waals surface area (Å²) in [6.07, 6.45) is 3.63. The molecule has 1 saturated heterocycles. The molecule has 0 aromatic rings. The summed E-state index contributed by atoms with van der Waals surface area (Å²) in [6.45, 7) is 19.6. The lowest BCUT2D eigenvalue weighted by Gasteiger charge is -2.47. The lowest BCUT2D eigenvalue weighted by Crippen LogP contribution is -2.47. The standard InChI is InChI=1S/C17H34O2/c1-9-16(7,10-14(2,3)4)11-17(8)12-18-15(5,6)19-13-17/h9-13H2,1-8H3. The Balaban J connectivity index is 2.70. The summed E-state index contributed by atoms with van der Waals surface area (Å²) >= 11 is 0. The van der Waals surface area contributed by atoms with Crippen molar-refractivity contribution in [1.29, 1.82) is 0 Å². The fraction of sp³-hybridized carbons (Fsp3) is 1.00. The molecule has 0 N–H and O–H groups in total. The maximum absolute atomic E-state index is 5.88. The molecule has 0 amide bonds. The minimum Gasteiger partial charge on any atom is -0.350 e. The van der Waals surface area contributed by atoms with Crippen LogP contribution in [-0.2, 0) is 9.47 Å². The zero-order valence-electron chi connectivity index (χ0n) is 14.4. The molecule has 0 aromatic carbocycles. The summed E-state index contributed by atoms with van der Waals surface area (Å²) < 4.78 is 11.8. The normalized spacial score (nSPS) is 25.9. The van der Waals surface area contributed by atoms with Gasteiger partial charge >= 0.3 is 0 Å². The van der Waals surface area contributed by atoms with Gasteiger partial charge in [0.2, 0.25) is 0 Å². The minimum atomic E-state index is -0.411. The Morgan fingerprint density at radius 2 is 1.42 bits per heavy atom. The maximum Gasteiger partial charge on any atom is 0.162 e. The van der Waals surface area contributed by atoms with Crippen LogP contribution in [0.15, 0.2) is 0 Å². The van der Waals surface area contributed by atoms with Gasteiger partial charge in [0.25, 0.3) is 0 Å². The summed E-state index contributed by atoms with van der Waals surface area (Å²) in [7, 11) is 0. The molecule has 0 aromatic heterocycles. The van der Waals surface area contributed by atoms with E-state index < -0.39 is 5.79 Å². The highest BCUT2D eigenvalue weighted by Crippen LogP contribution is 2.46. The average molecular weight is 270 g/mol. The maximum atomic E-state index is 5.88. The van der Waals surface area contributed by atoms with Crippen molar-refractivity contribution in [2.24, 2.45) is 16.2 Å². The molecule has 114 valence electrons. The van der Waals surface area contributed by atoms with Gasteiger partial charge in [-0.15, -0.1) is 0 Å². The highest BCUT2D eigenvalue weighted by atomic mass is 16.7. The van der Waals surface area contributed by atoms with Crippen LogP contribution in [0.25, 0.3) is 0 Å². The Morgan fingerprint density at radius 1 is 0.947 bits per heavy atom. The van der Waals surface area contributed by atoms with Crippen LogP contribution in [0.3, 0.4) is 0 Å². The molecular weight excluding hydrogens is 236 g/mol. The van der Waals surface area contributed by atoms with Gasteiger partial charge in [-0.05, 0) is 37.5 Å². The summed E-state index contributed by atoms with van der Waals surface area (Å²) in [5, 5.41) is 0. The van der Waals surface area contributed by atoms with Crippen LogP contribution < -0.4 is 0 Å². The number of hydrogen-bond acceptors (Lipinski definition) is 2. The summed E-state index contributed by atoms with van der Waals surface area (Å²) in [5.41, 5.74) is 0.878. The van der Waals surface area contributed by atoms with E-state index in [0.717, 1.165) is 13.2 Å². The first kappa shape index (κ1) is 17.0. The van der Waals surface area contributed by atoms with Crippen LogP contribution in [0.5, 0.6) is 0 Å². The van der Waals surface area contributed by atoms with Crippen LogP contribution in [0.4, 0.5) is 0 Å². The van der Waals surface area contributed by atoms with E-state index in [2.05, 4.69) is 41.5 Å². The third-order valence-electron chi connectivity index (χ3n) is 4.20. The van der Waals surface area contributed by atoms with E-state index in [4.69, 9.17) is 9.47 Å². The average Bonchev–Trinajstić information content (AvgIpc) is 2.21. The van der Waals surface area contributed by atoms with Crippen molar-refractivity contribution in [3.63, 3.8) is 0 Å². The van der Waals surface area contributed by atoms with Gasteiger partial charge < -0.3 is 9.47 Å². The SMILES string of the molecule is CCC(C)(CC(C)(C)C)CC1(C)COC(C)(C)OC1. The molecule has 1 atom stereocenters. The van der Waals surface area contributed by atoms with Gasteiger partial charge in [0.05, 0.1) is 13.2 Å². The molecule has 1 aliphatic rings. The van der Waals surface area contributed by atoms with Gasteiger partial charge in [0, 0.05) is 5.41 Å². The van der Waals surface area contributed by atoms with Crippen LogP contribution in [-0.4, -0.2) is 19.0 Å². The molecule has 0 spiro atoms. The zero-order valence-corrected chi connectivity index (χ0v) is 14.4. The van der Waals surface area contributed by atoms with Crippen LogP contribution in [0.1, 0.15) is 74.7 Å². The van der Waals surface area contributed by atoms with Crippen molar-refractivity contribution in [1.82, 2.24) is 0 Å². The lowest BCUT2D eigenvalue weighted by molar-refractivity contribution is -0.287. The van der Waals surface area contributed by atoms with E-state index in [0.29, 0.717) is 10.8 Å². The van der Waals surface area contributed by atoms with Gasteiger partial charge in [0.1, 0.15) is 0 Å². The Bertz CT molecular complexity index is 291. The van der Waals surface area contributed by atoms with Crippen molar-refractivity contribution in [3.05, 3.63) is 0 Å². The molecular formula is C17H34O2. The second-order valence-electron chi connectivity index (χ2n) is 8.87. The molecule has 1 unspecified atom stereocenters. The highest BCUT2D eigenvalue weighted by molar-refractivity contribution is 4.89. The number of rotatable bonds is 4. The summed E-state index contributed by atoms with van der Waals surface area (Å²) in [5.74, 6) is -0.411. The van der Waals surface area contributed by atoms with Gasteiger partial charge in [-0.3, -0.25) is 0 Å². The molecule has 0 saturated carbocycles. The van der Waals surface area contributed by atoms with Gasteiger partial charge in [0.15, 0.2) is 5.79 Å². The highest BCUT2D eigenvalue weighted by Gasteiger charge is 2.42. The van der Waals surface area contributed by atoms with E-state index in [9.17, 15) is 0 Å². The van der Waals surface area contributed by atoms with Crippen molar-refractivity contribution in [2.45, 2.75) is 80.4 Å². The molecule has 0 radical (unpaired) electrons. The van der Waals surface area contributed by atoms with Gasteiger partial charge in [-0.1, -0.05) is 48.0 Å². The van der Waals surface area contributed by atoms with E-state index >= 15 is 0 Å². The monoisotopic (exact) mass is 270 g/mol. The second-order valence-corrected chi connectivity index (χ2v) is 8.87. The van der Waals surface area contributed by atoms with Gasteiger partial charge in [-0.2, -0.15) is 0 Å². The van der Waals surface area contributed by atoms with Crippen LogP contribution in [0.2, 0.25) is 0 Å². The smallest absolute Gasteiger partial charge is 0.162 e. The summed E-state index contributed by atoms with van der Waals surface area (Å²) in [6, 6.07) is 0. The van der Waals surface area contributed by atoms with Crippen molar-refractivity contribution < 1.29 is 9.47 Å². The summed E-state index contributed by atoms with van der Waals surface area (Å²) in [4.78, 5) is 0. The Kier molecular flexibility index (Phi) is 4.79. The van der Waals surface area contributed by atoms with E-state index in [1.54, 1.807) is 0 Å². The Morgan fingerprint density at radius 3 is 1.79 bits per heavy atom. The molecule has 1 fully saturated rings. The Hall–Kier alpha value is -0.0800. The second kappa shape index (κ2) is 5.37. The largest absolute Gasteiger partial charge is 0.350 e. The third kappa shape index (κ3) is 5.43. The van der Waals surface area contributed by atoms with Crippen molar-refractivity contribution >= 4 is 0 Å². The zero-order chi connectivity index (χ0) is 14.9. The lowest BCUT2D eigenvalue weighted by atomic mass is 9.65. The van der Waals surface area contributed by atoms with E-state index in [-0.39, 0.29) is 5.41 Å². The Labute approximate surface area is 120 Å². The molecule has 2 nitrogen and oxygen atoms in total. The quantitative estimate of drug-likeness (QED) is 0.714. The van der Waals surface area contributed by atoms with Crippen molar-refractivity contribution in [2.75, 3.05) is 13.2 Å². The van der Waals surface area contributed by atoms with Gasteiger partial charge in [-0.25, -0.2) is 0 Å². The first-order valence-electron chi connectivity index (χ1n) is 7.67. The molecule has 1 aliphatic heterocycles. The number of ether oxygens (including phenoxy) is 2. The molecule has 0 aliphatic carbocycles. The molecule has 0 bridgehead atoms. The van der Waals surface area contributed by atoms with Crippen molar-refractivity contribution in [3.8, 4) is 0 Å². The molecule has 19 heavy (non-hydrogen) atoms. The van der Waals surface area contributed by atoms with Crippen LogP contribution in [0, 0.1) is 16.2 Å².